The average Bonchev–Trinajstić information content (AvgIpc) is 3.09. The molecule has 3 aromatic rings. The van der Waals surface area contributed by atoms with Gasteiger partial charge in [0.1, 0.15) is 17.2 Å². The minimum absolute atomic E-state index is 0.131. The van der Waals surface area contributed by atoms with Gasteiger partial charge in [-0.15, -0.1) is 0 Å². The summed E-state index contributed by atoms with van der Waals surface area (Å²) in [5.74, 6) is 0.568. The molecule has 0 saturated heterocycles. The summed E-state index contributed by atoms with van der Waals surface area (Å²) >= 11 is 12.3. The number of hydrogen-bond acceptors (Lipinski definition) is 4. The topological polar surface area (TPSA) is 77.5 Å². The van der Waals surface area contributed by atoms with Crippen LogP contribution in [0.25, 0.3) is 11.3 Å². The van der Waals surface area contributed by atoms with Crippen LogP contribution in [0.5, 0.6) is 5.75 Å². The zero-order valence-electron chi connectivity index (χ0n) is 14.1. The van der Waals surface area contributed by atoms with Gasteiger partial charge in [-0.3, -0.25) is 4.79 Å². The van der Waals surface area contributed by atoms with Crippen LogP contribution in [0.3, 0.4) is 0 Å². The number of rotatable bonds is 4. The second-order valence-corrected chi connectivity index (χ2v) is 6.48. The lowest BCUT2D eigenvalue weighted by Crippen LogP contribution is -2.12. The van der Waals surface area contributed by atoms with Crippen LogP contribution >= 0.6 is 23.2 Å². The third kappa shape index (κ3) is 3.64. The number of hydrogen-bond donors (Lipinski definition) is 2. The van der Waals surface area contributed by atoms with Gasteiger partial charge in [0.2, 0.25) is 0 Å². The normalized spacial score (nSPS) is 10.6. The smallest absolute Gasteiger partial charge is 0.291 e. The molecule has 5 nitrogen and oxygen atoms in total. The number of benzene rings is 2. The van der Waals surface area contributed by atoms with Gasteiger partial charge in [-0.2, -0.15) is 0 Å². The van der Waals surface area contributed by atoms with Crippen molar-refractivity contribution in [2.45, 2.75) is 6.92 Å². The standard InChI is InChI=1S/C19H16Cl2N2O3/c1-10-3-4-11(7-13(10)20)15-5-6-16(26-15)19(24)23-18-14(21)8-12(22)9-17(18)25-2/h3-9H,22H2,1-2H3,(H,23,24). The van der Waals surface area contributed by atoms with Gasteiger partial charge in [-0.05, 0) is 36.8 Å². The van der Waals surface area contributed by atoms with Crippen molar-refractivity contribution in [2.75, 3.05) is 18.2 Å². The summed E-state index contributed by atoms with van der Waals surface area (Å²) in [6.45, 7) is 1.91. The molecule has 0 atom stereocenters. The van der Waals surface area contributed by atoms with Crippen molar-refractivity contribution >= 4 is 40.5 Å². The maximum absolute atomic E-state index is 12.5. The number of halogens is 2. The van der Waals surface area contributed by atoms with Gasteiger partial charge in [0.15, 0.2) is 5.76 Å². The van der Waals surface area contributed by atoms with E-state index in [-0.39, 0.29) is 10.8 Å². The van der Waals surface area contributed by atoms with Gasteiger partial charge in [0.05, 0.1) is 12.1 Å². The van der Waals surface area contributed by atoms with Crippen molar-refractivity contribution in [2.24, 2.45) is 0 Å². The molecule has 0 bridgehead atoms. The molecule has 0 aliphatic carbocycles. The largest absolute Gasteiger partial charge is 0.494 e. The summed E-state index contributed by atoms with van der Waals surface area (Å²) in [6.07, 6.45) is 0. The van der Waals surface area contributed by atoms with Gasteiger partial charge in [0, 0.05) is 22.3 Å². The Kier molecular flexibility index (Phi) is 5.11. The zero-order valence-corrected chi connectivity index (χ0v) is 15.6. The highest BCUT2D eigenvalue weighted by Gasteiger charge is 2.17. The molecule has 0 unspecified atom stereocenters. The molecule has 26 heavy (non-hydrogen) atoms. The number of nitrogens with one attached hydrogen (secondary N) is 1. The van der Waals surface area contributed by atoms with Crippen molar-refractivity contribution in [3.63, 3.8) is 0 Å². The van der Waals surface area contributed by atoms with Crippen molar-refractivity contribution in [1.82, 2.24) is 0 Å². The molecule has 2 aromatic carbocycles. The molecule has 0 fully saturated rings. The van der Waals surface area contributed by atoms with Crippen LogP contribution in [0.1, 0.15) is 16.1 Å². The van der Waals surface area contributed by atoms with Crippen LogP contribution in [0, 0.1) is 6.92 Å². The number of amides is 1. The summed E-state index contributed by atoms with van der Waals surface area (Å²) in [4.78, 5) is 12.5. The monoisotopic (exact) mass is 390 g/mol. The lowest BCUT2D eigenvalue weighted by molar-refractivity contribution is 0.0997. The number of methoxy groups -OCH3 is 1. The molecular weight excluding hydrogens is 375 g/mol. The molecule has 3 N–H and O–H groups in total. The Balaban J connectivity index is 1.86. The van der Waals surface area contributed by atoms with Crippen LogP contribution in [-0.2, 0) is 0 Å². The SMILES string of the molecule is COc1cc(N)cc(Cl)c1NC(=O)c1ccc(-c2ccc(C)c(Cl)c2)o1. The van der Waals surface area contributed by atoms with Crippen LogP contribution in [0.4, 0.5) is 11.4 Å². The fourth-order valence-corrected chi connectivity index (χ4v) is 2.87. The summed E-state index contributed by atoms with van der Waals surface area (Å²) in [5.41, 5.74) is 8.23. The lowest BCUT2D eigenvalue weighted by atomic mass is 10.1. The van der Waals surface area contributed by atoms with Crippen molar-refractivity contribution < 1.29 is 13.9 Å². The Morgan fingerprint density at radius 2 is 1.88 bits per heavy atom. The van der Waals surface area contributed by atoms with Gasteiger partial charge >= 0.3 is 0 Å². The van der Waals surface area contributed by atoms with E-state index in [1.807, 2.05) is 19.1 Å². The minimum Gasteiger partial charge on any atom is -0.494 e. The first-order valence-corrected chi connectivity index (χ1v) is 8.45. The van der Waals surface area contributed by atoms with Crippen molar-refractivity contribution in [3.8, 4) is 17.1 Å². The fraction of sp³-hybridized carbons (Fsp3) is 0.105. The maximum Gasteiger partial charge on any atom is 0.291 e. The molecule has 0 aliphatic rings. The first-order valence-electron chi connectivity index (χ1n) is 7.69. The summed E-state index contributed by atoms with van der Waals surface area (Å²) in [7, 11) is 1.47. The molecule has 1 amide bonds. The van der Waals surface area contributed by atoms with Crippen molar-refractivity contribution in [1.29, 1.82) is 0 Å². The number of anilines is 2. The van der Waals surface area contributed by atoms with E-state index in [2.05, 4.69) is 5.32 Å². The number of aryl methyl sites for hydroxylation is 1. The number of furan rings is 1. The quantitative estimate of drug-likeness (QED) is 0.584. The molecule has 3 rings (SSSR count). The van der Waals surface area contributed by atoms with Crippen molar-refractivity contribution in [3.05, 3.63) is 63.8 Å². The van der Waals surface area contributed by atoms with E-state index in [9.17, 15) is 4.79 Å². The predicted octanol–water partition coefficient (Wildman–Crippen LogP) is 5.40. The van der Waals surface area contributed by atoms with Crippen LogP contribution in [-0.4, -0.2) is 13.0 Å². The third-order valence-electron chi connectivity index (χ3n) is 3.82. The van der Waals surface area contributed by atoms with Crippen LogP contribution in [0.15, 0.2) is 46.9 Å². The van der Waals surface area contributed by atoms with E-state index in [0.717, 1.165) is 11.1 Å². The second kappa shape index (κ2) is 7.32. The molecule has 0 spiro atoms. The molecular formula is C19H16Cl2N2O3. The summed E-state index contributed by atoms with van der Waals surface area (Å²) in [6, 6.07) is 11.9. The number of carbonyl (C=O) groups excluding carboxylic acids is 1. The molecule has 0 aliphatic heterocycles. The second-order valence-electron chi connectivity index (χ2n) is 5.66. The Labute approximate surface area is 160 Å². The first-order chi connectivity index (χ1) is 12.4. The van der Waals surface area contributed by atoms with Crippen LogP contribution < -0.4 is 15.8 Å². The molecule has 1 heterocycles. The lowest BCUT2D eigenvalue weighted by Gasteiger charge is -2.12. The van der Waals surface area contributed by atoms with Gasteiger partial charge in [-0.1, -0.05) is 35.3 Å². The summed E-state index contributed by atoms with van der Waals surface area (Å²) < 4.78 is 10.9. The number of nitrogens with two attached hydrogens (primary N) is 1. The van der Waals surface area contributed by atoms with Gasteiger partial charge in [-0.25, -0.2) is 0 Å². The average molecular weight is 391 g/mol. The zero-order chi connectivity index (χ0) is 18.8. The van der Waals surface area contributed by atoms with Gasteiger partial charge < -0.3 is 20.2 Å². The predicted molar refractivity (Wildman–Crippen MR) is 104 cm³/mol. The molecule has 7 heteroatoms. The Bertz CT molecular complexity index is 983. The van der Waals surface area contributed by atoms with E-state index in [0.29, 0.717) is 27.9 Å². The van der Waals surface area contributed by atoms with Gasteiger partial charge in [0.25, 0.3) is 5.91 Å². The Morgan fingerprint density at radius 3 is 2.58 bits per heavy atom. The molecule has 134 valence electrons. The minimum atomic E-state index is -0.459. The van der Waals surface area contributed by atoms with E-state index in [1.54, 1.807) is 24.3 Å². The highest BCUT2D eigenvalue weighted by Crippen LogP contribution is 2.35. The fourth-order valence-electron chi connectivity index (χ4n) is 2.42. The summed E-state index contributed by atoms with van der Waals surface area (Å²) in [5, 5.41) is 3.59. The number of nitrogen functional groups attached to an aromatic ring is 1. The van der Waals surface area contributed by atoms with E-state index in [1.165, 1.54) is 13.2 Å². The van der Waals surface area contributed by atoms with E-state index in [4.69, 9.17) is 38.1 Å². The molecule has 0 radical (unpaired) electrons. The highest BCUT2D eigenvalue weighted by molar-refractivity contribution is 6.34. The number of ether oxygens (including phenoxy) is 1. The van der Waals surface area contributed by atoms with E-state index < -0.39 is 5.91 Å². The highest BCUT2D eigenvalue weighted by atomic mass is 35.5. The maximum atomic E-state index is 12.5. The third-order valence-corrected chi connectivity index (χ3v) is 4.53. The molecule has 1 aromatic heterocycles. The van der Waals surface area contributed by atoms with Crippen LogP contribution in [0.2, 0.25) is 10.0 Å². The Morgan fingerprint density at radius 1 is 1.12 bits per heavy atom. The molecule has 0 saturated carbocycles. The first kappa shape index (κ1) is 18.2. The Hall–Kier alpha value is -2.63. The van der Waals surface area contributed by atoms with E-state index >= 15 is 0 Å². The number of carbonyl (C=O) groups is 1.